The molecule has 6 nitrogen and oxygen atoms in total. The van der Waals surface area contributed by atoms with Crippen molar-refractivity contribution in [3.63, 3.8) is 0 Å². The fourth-order valence-electron chi connectivity index (χ4n) is 0.876. The number of ether oxygens (including phenoxy) is 1. The zero-order valence-corrected chi connectivity index (χ0v) is 10.2. The molecule has 0 saturated carbocycles. The molecule has 0 saturated heterocycles. The molecule has 0 fully saturated rings. The second-order valence-corrected chi connectivity index (χ2v) is 6.96. The Balaban J connectivity index is 3.34. The minimum absolute atomic E-state index is 0.265. The van der Waals surface area contributed by atoms with Crippen molar-refractivity contribution in [3.8, 4) is 0 Å². The highest BCUT2D eigenvalue weighted by Crippen LogP contribution is 1.99. The molecule has 0 aromatic rings. The lowest BCUT2D eigenvalue weighted by molar-refractivity contribution is 0.172. The van der Waals surface area contributed by atoms with Crippen LogP contribution >= 0.6 is 0 Å². The minimum Gasteiger partial charge on any atom is -0.366 e. The van der Waals surface area contributed by atoms with Crippen molar-refractivity contribution in [2.24, 2.45) is 0 Å². The summed E-state index contributed by atoms with van der Waals surface area (Å²) in [5.41, 5.74) is 0. The zero-order valence-electron chi connectivity index (χ0n) is 8.55. The fourth-order valence-corrected chi connectivity index (χ4v) is 1.87. The van der Waals surface area contributed by atoms with Crippen LogP contribution in [0.4, 0.5) is 0 Å². The average molecular weight is 260 g/mol. The van der Waals surface area contributed by atoms with Crippen molar-refractivity contribution < 1.29 is 26.1 Å². The summed E-state index contributed by atoms with van der Waals surface area (Å²) < 4.78 is 55.0. The highest BCUT2D eigenvalue weighted by Gasteiger charge is 2.04. The topological polar surface area (TPSA) is 97.7 Å². The van der Waals surface area contributed by atoms with E-state index in [0.717, 1.165) is 6.26 Å². The summed E-state index contributed by atoms with van der Waals surface area (Å²) in [7, 11) is -6.98. The van der Waals surface area contributed by atoms with Gasteiger partial charge in [-0.2, -0.15) is 8.42 Å². The molecule has 0 aliphatic heterocycles. The summed E-state index contributed by atoms with van der Waals surface area (Å²) >= 11 is 0. The first-order chi connectivity index (χ1) is 6.71. The molecular weight excluding hydrogens is 244 g/mol. The Morgan fingerprint density at radius 3 is 2.13 bits per heavy atom. The van der Waals surface area contributed by atoms with Crippen LogP contribution < -0.4 is 0 Å². The molecule has 0 amide bonds. The number of hydrogen-bond donors (Lipinski definition) is 1. The molecule has 0 aromatic carbocycles. The molecule has 0 spiro atoms. The van der Waals surface area contributed by atoms with Gasteiger partial charge in [-0.1, -0.05) is 6.42 Å². The maximum Gasteiger partial charge on any atom is 0.264 e. The lowest BCUT2D eigenvalue weighted by Gasteiger charge is -2.02. The van der Waals surface area contributed by atoms with Crippen LogP contribution in [0.2, 0.25) is 0 Å². The Morgan fingerprint density at radius 2 is 1.67 bits per heavy atom. The van der Waals surface area contributed by atoms with Gasteiger partial charge in [0.15, 0.2) is 9.84 Å². The highest BCUT2D eigenvalue weighted by atomic mass is 32.2. The molecule has 0 unspecified atom stereocenters. The van der Waals surface area contributed by atoms with Gasteiger partial charge in [-0.3, -0.25) is 4.55 Å². The average Bonchev–Trinajstić information content (AvgIpc) is 1.98. The van der Waals surface area contributed by atoms with Crippen molar-refractivity contribution in [2.75, 3.05) is 24.6 Å². The Hall–Kier alpha value is -0.180. The highest BCUT2D eigenvalue weighted by molar-refractivity contribution is 7.90. The van der Waals surface area contributed by atoms with E-state index in [-0.39, 0.29) is 18.3 Å². The van der Waals surface area contributed by atoms with Gasteiger partial charge in [0, 0.05) is 12.9 Å². The molecule has 0 aromatic heterocycles. The minimum atomic E-state index is -3.88. The smallest absolute Gasteiger partial charge is 0.264 e. The van der Waals surface area contributed by atoms with Crippen LogP contribution in [0.3, 0.4) is 0 Å². The Kier molecular flexibility index (Phi) is 6.34. The van der Waals surface area contributed by atoms with Gasteiger partial charge in [-0.15, -0.1) is 0 Å². The quantitative estimate of drug-likeness (QED) is 0.489. The third-order valence-corrected chi connectivity index (χ3v) is 2.89. The van der Waals surface area contributed by atoms with Gasteiger partial charge in [0.25, 0.3) is 10.1 Å². The first-order valence-corrected chi connectivity index (χ1v) is 8.08. The lowest BCUT2D eigenvalue weighted by Crippen LogP contribution is -2.08. The number of unbranched alkanes of at least 4 members (excludes halogenated alkanes) is 2. The third-order valence-electron chi connectivity index (χ3n) is 1.49. The van der Waals surface area contributed by atoms with Crippen molar-refractivity contribution in [2.45, 2.75) is 19.3 Å². The van der Waals surface area contributed by atoms with E-state index in [1.165, 1.54) is 0 Å². The summed E-state index contributed by atoms with van der Waals surface area (Å²) in [6.45, 7) is 0.276. The van der Waals surface area contributed by atoms with Gasteiger partial charge < -0.3 is 4.74 Å². The van der Waals surface area contributed by atoms with Crippen LogP contribution in [0, 0.1) is 0 Å². The van der Waals surface area contributed by atoms with Crippen molar-refractivity contribution in [1.82, 2.24) is 0 Å². The van der Waals surface area contributed by atoms with Gasteiger partial charge >= 0.3 is 0 Å². The van der Waals surface area contributed by atoms with Crippen LogP contribution in [0.15, 0.2) is 0 Å². The molecular formula is C7H16O6S2. The first-order valence-electron chi connectivity index (χ1n) is 4.41. The van der Waals surface area contributed by atoms with E-state index < -0.39 is 20.0 Å². The van der Waals surface area contributed by atoms with Crippen LogP contribution in [0.5, 0.6) is 0 Å². The molecule has 8 heteroatoms. The molecule has 0 radical (unpaired) electrons. The summed E-state index contributed by atoms with van der Waals surface area (Å²) in [6, 6.07) is 0. The molecule has 15 heavy (non-hydrogen) atoms. The third kappa shape index (κ3) is 13.8. The van der Waals surface area contributed by atoms with Crippen molar-refractivity contribution in [1.29, 1.82) is 0 Å². The van der Waals surface area contributed by atoms with Gasteiger partial charge in [-0.05, 0) is 12.8 Å². The molecule has 0 atom stereocenters. The summed E-state index contributed by atoms with van der Waals surface area (Å²) in [6.07, 6.45) is 2.57. The summed E-state index contributed by atoms with van der Waals surface area (Å²) in [5, 5.41) is 0. The Bertz CT molecular complexity index is 319. The zero-order chi connectivity index (χ0) is 11.9. The fraction of sp³-hybridized carbons (Fsp3) is 1.00. The number of sulfone groups is 1. The van der Waals surface area contributed by atoms with E-state index in [4.69, 9.17) is 9.29 Å². The Morgan fingerprint density at radius 1 is 1.07 bits per heavy atom. The Labute approximate surface area is 90.3 Å². The number of hydrogen-bond acceptors (Lipinski definition) is 5. The molecule has 0 aliphatic carbocycles. The van der Waals surface area contributed by atoms with Crippen LogP contribution in [0.25, 0.3) is 0 Å². The van der Waals surface area contributed by atoms with Gasteiger partial charge in [0.1, 0.15) is 5.94 Å². The second kappa shape index (κ2) is 6.41. The maximum atomic E-state index is 10.6. The maximum absolute atomic E-state index is 10.6. The van der Waals surface area contributed by atoms with E-state index in [0.29, 0.717) is 19.3 Å². The molecule has 0 heterocycles. The molecule has 1 N–H and O–H groups in total. The molecule has 0 bridgehead atoms. The summed E-state index contributed by atoms with van der Waals surface area (Å²) in [5.74, 6) is -0.579. The first kappa shape index (κ1) is 14.8. The van der Waals surface area contributed by atoms with Gasteiger partial charge in [-0.25, -0.2) is 8.42 Å². The largest absolute Gasteiger partial charge is 0.366 e. The SMILES string of the molecule is CS(=O)(=O)COCCCCCS(=O)(=O)O. The van der Waals surface area contributed by atoms with E-state index in [1.807, 2.05) is 0 Å². The molecule has 92 valence electrons. The number of rotatable bonds is 8. The normalized spacial score (nSPS) is 12.9. The van der Waals surface area contributed by atoms with Crippen molar-refractivity contribution in [3.05, 3.63) is 0 Å². The van der Waals surface area contributed by atoms with E-state index in [1.54, 1.807) is 0 Å². The molecule has 0 aliphatic rings. The van der Waals surface area contributed by atoms with Crippen LogP contribution in [-0.2, 0) is 24.7 Å². The predicted octanol–water partition coefficient (Wildman–Crippen LogP) is 0.0632. The van der Waals surface area contributed by atoms with Gasteiger partial charge in [0.05, 0.1) is 5.75 Å². The van der Waals surface area contributed by atoms with E-state index >= 15 is 0 Å². The van der Waals surface area contributed by atoms with Crippen LogP contribution in [-0.4, -0.2) is 45.9 Å². The predicted molar refractivity (Wildman–Crippen MR) is 55.9 cm³/mol. The standard InChI is InChI=1S/C7H16O6S2/c1-14(8,9)7-13-5-3-2-4-6-15(10,11)12/h2-7H2,1H3,(H,10,11,12). The monoisotopic (exact) mass is 260 g/mol. The van der Waals surface area contributed by atoms with Gasteiger partial charge in [0.2, 0.25) is 0 Å². The summed E-state index contributed by atoms with van der Waals surface area (Å²) in [4.78, 5) is 0. The molecule has 0 rings (SSSR count). The van der Waals surface area contributed by atoms with Crippen molar-refractivity contribution >= 4 is 20.0 Å². The second-order valence-electron chi connectivity index (χ2n) is 3.30. The lowest BCUT2D eigenvalue weighted by atomic mass is 10.3. The van der Waals surface area contributed by atoms with Crippen LogP contribution in [0.1, 0.15) is 19.3 Å². The van der Waals surface area contributed by atoms with E-state index in [9.17, 15) is 16.8 Å². The van der Waals surface area contributed by atoms with E-state index in [2.05, 4.69) is 0 Å².